The highest BCUT2D eigenvalue weighted by atomic mass is 16.2. The molecule has 1 aromatic carbocycles. The molecule has 0 radical (unpaired) electrons. The van der Waals surface area contributed by atoms with Gasteiger partial charge in [-0.05, 0) is 61.4 Å². The molecule has 0 saturated carbocycles. The predicted molar refractivity (Wildman–Crippen MR) is 91.1 cm³/mol. The lowest BCUT2D eigenvalue weighted by atomic mass is 9.95. The lowest BCUT2D eigenvalue weighted by Crippen LogP contribution is -2.44. The van der Waals surface area contributed by atoms with E-state index in [2.05, 4.69) is 20.8 Å². The van der Waals surface area contributed by atoms with E-state index >= 15 is 0 Å². The average Bonchev–Trinajstić information content (AvgIpc) is 3.15. The molecule has 2 heterocycles. The molecule has 1 N–H and O–H groups in total. The Labute approximate surface area is 146 Å². The second-order valence-corrected chi connectivity index (χ2v) is 6.53. The minimum Gasteiger partial charge on any atom is -0.354 e. The number of piperidine rings is 1. The number of carbonyl (C=O) groups is 2. The Balaban J connectivity index is 1.58. The molecule has 8 heteroatoms. The summed E-state index contributed by atoms with van der Waals surface area (Å²) in [7, 11) is 0. The van der Waals surface area contributed by atoms with Crippen LogP contribution in [0, 0.1) is 5.92 Å². The van der Waals surface area contributed by atoms with Gasteiger partial charge in [-0.25, -0.2) is 4.68 Å². The maximum absolute atomic E-state index is 12.6. The third-order valence-corrected chi connectivity index (χ3v) is 4.31. The largest absolute Gasteiger partial charge is 0.354 e. The van der Waals surface area contributed by atoms with Crippen molar-refractivity contribution in [1.29, 1.82) is 0 Å². The zero-order valence-corrected chi connectivity index (χ0v) is 14.4. The molecular weight excluding hydrogens is 320 g/mol. The van der Waals surface area contributed by atoms with Crippen molar-refractivity contribution < 1.29 is 9.59 Å². The number of amides is 2. The standard InChI is InChI=1S/C17H22N6O2/c1-12(2)19-16(24)13-7-9-22(10-8-13)17(25)14-3-5-15(6-4-14)23-11-18-20-21-23/h3-6,11-13H,7-10H2,1-2H3,(H,19,24). The van der Waals surface area contributed by atoms with Crippen LogP contribution < -0.4 is 5.32 Å². The first-order valence-corrected chi connectivity index (χ1v) is 8.47. The molecule has 3 rings (SSSR count). The molecule has 0 spiro atoms. The van der Waals surface area contributed by atoms with Crippen molar-refractivity contribution in [2.24, 2.45) is 5.92 Å². The summed E-state index contributed by atoms with van der Waals surface area (Å²) in [5, 5.41) is 14.0. The number of nitrogens with one attached hydrogen (secondary N) is 1. The number of likely N-dealkylation sites (tertiary alicyclic amines) is 1. The quantitative estimate of drug-likeness (QED) is 0.896. The zero-order chi connectivity index (χ0) is 17.8. The lowest BCUT2D eigenvalue weighted by Gasteiger charge is -2.31. The Morgan fingerprint density at radius 1 is 1.16 bits per heavy atom. The van der Waals surface area contributed by atoms with Crippen molar-refractivity contribution >= 4 is 11.8 Å². The molecule has 1 saturated heterocycles. The van der Waals surface area contributed by atoms with Crippen LogP contribution in [-0.2, 0) is 4.79 Å². The summed E-state index contributed by atoms with van der Waals surface area (Å²) in [6.07, 6.45) is 2.91. The van der Waals surface area contributed by atoms with E-state index in [4.69, 9.17) is 0 Å². The Hall–Kier alpha value is -2.77. The van der Waals surface area contributed by atoms with Crippen LogP contribution in [0.5, 0.6) is 0 Å². The monoisotopic (exact) mass is 342 g/mol. The molecule has 0 aliphatic carbocycles. The van der Waals surface area contributed by atoms with E-state index in [0.717, 1.165) is 5.69 Å². The van der Waals surface area contributed by atoms with Gasteiger partial charge in [0.05, 0.1) is 5.69 Å². The van der Waals surface area contributed by atoms with E-state index in [1.54, 1.807) is 12.1 Å². The van der Waals surface area contributed by atoms with Crippen molar-refractivity contribution in [2.75, 3.05) is 13.1 Å². The highest BCUT2D eigenvalue weighted by Crippen LogP contribution is 2.20. The van der Waals surface area contributed by atoms with Gasteiger partial charge < -0.3 is 10.2 Å². The molecule has 1 aliphatic rings. The van der Waals surface area contributed by atoms with Crippen LogP contribution in [0.1, 0.15) is 37.0 Å². The van der Waals surface area contributed by atoms with Crippen LogP contribution in [-0.4, -0.2) is 56.1 Å². The minimum absolute atomic E-state index is 0.00589. The number of nitrogens with zero attached hydrogens (tertiary/aromatic N) is 5. The van der Waals surface area contributed by atoms with Gasteiger partial charge in [0.15, 0.2) is 0 Å². The smallest absolute Gasteiger partial charge is 0.253 e. The van der Waals surface area contributed by atoms with Crippen LogP contribution in [0.3, 0.4) is 0 Å². The van der Waals surface area contributed by atoms with Crippen molar-refractivity contribution in [1.82, 2.24) is 30.4 Å². The van der Waals surface area contributed by atoms with Crippen LogP contribution in [0.15, 0.2) is 30.6 Å². The van der Waals surface area contributed by atoms with Crippen LogP contribution >= 0.6 is 0 Å². The molecule has 1 fully saturated rings. The summed E-state index contributed by atoms with van der Waals surface area (Å²) in [6.45, 7) is 5.11. The maximum Gasteiger partial charge on any atom is 0.253 e. The van der Waals surface area contributed by atoms with Gasteiger partial charge in [0.1, 0.15) is 6.33 Å². The van der Waals surface area contributed by atoms with E-state index in [1.807, 2.05) is 30.9 Å². The molecule has 8 nitrogen and oxygen atoms in total. The first-order chi connectivity index (χ1) is 12.0. The highest BCUT2D eigenvalue weighted by molar-refractivity contribution is 5.94. The third kappa shape index (κ3) is 4.01. The predicted octanol–water partition coefficient (Wildman–Crippen LogP) is 1.04. The van der Waals surface area contributed by atoms with Crippen molar-refractivity contribution in [3.63, 3.8) is 0 Å². The Morgan fingerprint density at radius 2 is 1.84 bits per heavy atom. The molecule has 1 aliphatic heterocycles. The Bertz CT molecular complexity index is 718. The fourth-order valence-corrected chi connectivity index (χ4v) is 2.97. The Kier molecular flexibility index (Phi) is 5.06. The first-order valence-electron chi connectivity index (χ1n) is 8.47. The maximum atomic E-state index is 12.6. The molecule has 132 valence electrons. The second kappa shape index (κ2) is 7.42. The third-order valence-electron chi connectivity index (χ3n) is 4.31. The van der Waals surface area contributed by atoms with E-state index in [9.17, 15) is 9.59 Å². The van der Waals surface area contributed by atoms with E-state index in [0.29, 0.717) is 31.5 Å². The van der Waals surface area contributed by atoms with Gasteiger partial charge in [0, 0.05) is 30.6 Å². The molecule has 0 bridgehead atoms. The normalized spacial score (nSPS) is 15.4. The zero-order valence-electron chi connectivity index (χ0n) is 14.4. The van der Waals surface area contributed by atoms with Crippen LogP contribution in [0.2, 0.25) is 0 Å². The number of tetrazole rings is 1. The summed E-state index contributed by atoms with van der Waals surface area (Å²) in [6, 6.07) is 7.32. The number of hydrogen-bond donors (Lipinski definition) is 1. The fourth-order valence-electron chi connectivity index (χ4n) is 2.97. The topological polar surface area (TPSA) is 93.0 Å². The van der Waals surface area contributed by atoms with Gasteiger partial charge in [0.25, 0.3) is 5.91 Å². The second-order valence-electron chi connectivity index (χ2n) is 6.53. The SMILES string of the molecule is CC(C)NC(=O)C1CCN(C(=O)c2ccc(-n3cnnn3)cc2)CC1. The van der Waals surface area contributed by atoms with Crippen molar-refractivity contribution in [2.45, 2.75) is 32.7 Å². The summed E-state index contributed by atoms with van der Waals surface area (Å²) in [5.41, 5.74) is 1.42. The molecular formula is C17H22N6O2. The van der Waals surface area contributed by atoms with Crippen LogP contribution in [0.4, 0.5) is 0 Å². The van der Waals surface area contributed by atoms with Crippen molar-refractivity contribution in [3.05, 3.63) is 36.2 Å². The molecule has 2 amide bonds. The van der Waals surface area contributed by atoms with Gasteiger partial charge in [0.2, 0.25) is 5.91 Å². The summed E-state index contributed by atoms with van der Waals surface area (Å²) >= 11 is 0. The van der Waals surface area contributed by atoms with Gasteiger partial charge in [-0.15, -0.1) is 5.10 Å². The lowest BCUT2D eigenvalue weighted by molar-refractivity contribution is -0.126. The van der Waals surface area contributed by atoms with Gasteiger partial charge in [-0.3, -0.25) is 9.59 Å². The first kappa shape index (κ1) is 17.1. The molecule has 1 aromatic heterocycles. The van der Waals surface area contributed by atoms with E-state index in [-0.39, 0.29) is 23.8 Å². The molecule has 2 aromatic rings. The van der Waals surface area contributed by atoms with Gasteiger partial charge in [-0.1, -0.05) is 0 Å². The fraction of sp³-hybridized carbons (Fsp3) is 0.471. The van der Waals surface area contributed by atoms with Gasteiger partial charge >= 0.3 is 0 Å². The molecule has 0 atom stereocenters. The summed E-state index contributed by atoms with van der Waals surface area (Å²) in [4.78, 5) is 26.5. The Morgan fingerprint density at radius 3 is 2.40 bits per heavy atom. The van der Waals surface area contributed by atoms with E-state index in [1.165, 1.54) is 11.0 Å². The number of hydrogen-bond acceptors (Lipinski definition) is 5. The number of carbonyl (C=O) groups excluding carboxylic acids is 2. The summed E-state index contributed by atoms with van der Waals surface area (Å²) < 4.78 is 1.53. The molecule has 25 heavy (non-hydrogen) atoms. The summed E-state index contributed by atoms with van der Waals surface area (Å²) in [5.74, 6) is 0.0764. The van der Waals surface area contributed by atoms with Gasteiger partial charge in [-0.2, -0.15) is 0 Å². The van der Waals surface area contributed by atoms with Crippen LogP contribution in [0.25, 0.3) is 5.69 Å². The average molecular weight is 342 g/mol. The number of rotatable bonds is 4. The number of aromatic nitrogens is 4. The van der Waals surface area contributed by atoms with E-state index < -0.39 is 0 Å². The molecule has 0 unspecified atom stereocenters. The number of benzene rings is 1. The van der Waals surface area contributed by atoms with Crippen molar-refractivity contribution in [3.8, 4) is 5.69 Å². The minimum atomic E-state index is -0.00835. The highest BCUT2D eigenvalue weighted by Gasteiger charge is 2.28.